The quantitative estimate of drug-likeness (QED) is 0.850. The molecular weight excluding hydrogens is 308 g/mol. The Morgan fingerprint density at radius 3 is 2.46 bits per heavy atom. The van der Waals surface area contributed by atoms with E-state index in [1.54, 1.807) is 14.0 Å². The minimum atomic E-state index is -0.595. The zero-order chi connectivity index (χ0) is 17.3. The SMILES string of the molecule is COC(=O)C1=C(C)NC(=O)N[C@@H]1c1ccc(OC)c2ccccc12. The van der Waals surface area contributed by atoms with Crippen LogP contribution in [-0.2, 0) is 9.53 Å². The van der Waals surface area contributed by atoms with Crippen molar-refractivity contribution in [1.82, 2.24) is 10.6 Å². The molecule has 2 amide bonds. The van der Waals surface area contributed by atoms with Crippen LogP contribution in [0.1, 0.15) is 18.5 Å². The number of hydrogen-bond donors (Lipinski definition) is 2. The summed E-state index contributed by atoms with van der Waals surface area (Å²) >= 11 is 0. The molecule has 0 unspecified atom stereocenters. The highest BCUT2D eigenvalue weighted by atomic mass is 16.5. The first-order valence-corrected chi connectivity index (χ1v) is 7.49. The number of benzene rings is 2. The van der Waals surface area contributed by atoms with Gasteiger partial charge in [-0.05, 0) is 23.9 Å². The van der Waals surface area contributed by atoms with Gasteiger partial charge in [-0.1, -0.05) is 30.3 Å². The van der Waals surface area contributed by atoms with E-state index >= 15 is 0 Å². The second kappa shape index (κ2) is 6.23. The summed E-state index contributed by atoms with van der Waals surface area (Å²) in [4.78, 5) is 24.2. The van der Waals surface area contributed by atoms with Gasteiger partial charge in [-0.3, -0.25) is 0 Å². The van der Waals surface area contributed by atoms with Crippen molar-refractivity contribution in [2.24, 2.45) is 0 Å². The Kier molecular flexibility index (Phi) is 4.12. The van der Waals surface area contributed by atoms with Crippen molar-refractivity contribution in [3.8, 4) is 5.75 Å². The summed E-state index contributed by atoms with van der Waals surface area (Å²) in [6, 6.07) is 10.4. The normalized spacial score (nSPS) is 17.3. The van der Waals surface area contributed by atoms with Gasteiger partial charge in [0.25, 0.3) is 0 Å². The van der Waals surface area contributed by atoms with E-state index < -0.39 is 12.0 Å². The highest BCUT2D eigenvalue weighted by molar-refractivity contribution is 5.98. The van der Waals surface area contributed by atoms with Gasteiger partial charge in [0, 0.05) is 11.1 Å². The lowest BCUT2D eigenvalue weighted by atomic mass is 9.91. The monoisotopic (exact) mass is 326 g/mol. The van der Waals surface area contributed by atoms with E-state index in [0.29, 0.717) is 11.3 Å². The molecular formula is C18H18N2O4. The van der Waals surface area contributed by atoms with Crippen molar-refractivity contribution in [3.63, 3.8) is 0 Å². The van der Waals surface area contributed by atoms with Crippen molar-refractivity contribution in [2.45, 2.75) is 13.0 Å². The molecule has 124 valence electrons. The van der Waals surface area contributed by atoms with E-state index in [-0.39, 0.29) is 6.03 Å². The number of ether oxygens (including phenoxy) is 2. The third kappa shape index (κ3) is 2.56. The number of methoxy groups -OCH3 is 2. The van der Waals surface area contributed by atoms with Crippen LogP contribution in [0.2, 0.25) is 0 Å². The molecule has 0 fully saturated rings. The topological polar surface area (TPSA) is 76.7 Å². The number of carbonyl (C=O) groups excluding carboxylic acids is 2. The largest absolute Gasteiger partial charge is 0.496 e. The fourth-order valence-electron chi connectivity index (χ4n) is 3.03. The standard InChI is InChI=1S/C18H18N2O4/c1-10-15(17(21)24-3)16(20-18(22)19-10)13-8-9-14(23-2)12-7-5-4-6-11(12)13/h4-9,16H,1-3H3,(H2,19,20,22)/t16-/m1/s1. The van der Waals surface area contributed by atoms with Crippen LogP contribution in [0.15, 0.2) is 47.7 Å². The second-order valence-electron chi connectivity index (χ2n) is 5.46. The summed E-state index contributed by atoms with van der Waals surface area (Å²) in [6.07, 6.45) is 0. The number of fused-ring (bicyclic) bond motifs is 1. The maximum Gasteiger partial charge on any atom is 0.337 e. The minimum Gasteiger partial charge on any atom is -0.496 e. The maximum atomic E-state index is 12.2. The Morgan fingerprint density at radius 1 is 1.08 bits per heavy atom. The number of carbonyl (C=O) groups is 2. The van der Waals surface area contributed by atoms with Crippen molar-refractivity contribution in [1.29, 1.82) is 0 Å². The first kappa shape index (κ1) is 15.9. The van der Waals surface area contributed by atoms with Gasteiger partial charge >= 0.3 is 12.0 Å². The number of esters is 1. The van der Waals surface area contributed by atoms with Gasteiger partial charge in [0.15, 0.2) is 0 Å². The lowest BCUT2D eigenvalue weighted by molar-refractivity contribution is -0.136. The summed E-state index contributed by atoms with van der Waals surface area (Å²) in [7, 11) is 2.93. The van der Waals surface area contributed by atoms with Crippen molar-refractivity contribution < 1.29 is 19.1 Å². The summed E-state index contributed by atoms with van der Waals surface area (Å²) in [5, 5.41) is 7.24. The molecule has 2 N–H and O–H groups in total. The Balaban J connectivity index is 2.23. The van der Waals surface area contributed by atoms with E-state index in [1.807, 2.05) is 36.4 Å². The van der Waals surface area contributed by atoms with Crippen LogP contribution in [0, 0.1) is 0 Å². The minimum absolute atomic E-state index is 0.356. The molecule has 1 heterocycles. The van der Waals surface area contributed by atoms with Crippen LogP contribution in [0.25, 0.3) is 10.8 Å². The number of urea groups is 1. The van der Waals surface area contributed by atoms with Gasteiger partial charge in [-0.2, -0.15) is 0 Å². The van der Waals surface area contributed by atoms with Crippen LogP contribution in [0.3, 0.4) is 0 Å². The molecule has 0 radical (unpaired) electrons. The van der Waals surface area contributed by atoms with Crippen LogP contribution in [0.4, 0.5) is 4.79 Å². The number of amides is 2. The lowest BCUT2D eigenvalue weighted by Gasteiger charge is -2.28. The zero-order valence-corrected chi connectivity index (χ0v) is 13.7. The highest BCUT2D eigenvalue weighted by Gasteiger charge is 2.32. The summed E-state index contributed by atoms with van der Waals surface area (Å²) < 4.78 is 10.3. The summed E-state index contributed by atoms with van der Waals surface area (Å²) in [5.74, 6) is 0.250. The predicted octanol–water partition coefficient (Wildman–Crippen LogP) is 2.65. The van der Waals surface area contributed by atoms with Crippen molar-refractivity contribution in [2.75, 3.05) is 14.2 Å². The maximum absolute atomic E-state index is 12.2. The third-order valence-corrected chi connectivity index (χ3v) is 4.12. The van der Waals surface area contributed by atoms with Gasteiger partial charge in [0.05, 0.1) is 25.8 Å². The molecule has 1 aliphatic heterocycles. The average Bonchev–Trinajstić information content (AvgIpc) is 2.59. The Hall–Kier alpha value is -3.02. The molecule has 1 aliphatic rings. The molecule has 0 spiro atoms. The van der Waals surface area contributed by atoms with Gasteiger partial charge < -0.3 is 20.1 Å². The molecule has 6 heteroatoms. The lowest BCUT2D eigenvalue weighted by Crippen LogP contribution is -2.45. The van der Waals surface area contributed by atoms with E-state index in [1.165, 1.54) is 7.11 Å². The molecule has 1 atom stereocenters. The zero-order valence-electron chi connectivity index (χ0n) is 13.7. The van der Waals surface area contributed by atoms with Crippen LogP contribution < -0.4 is 15.4 Å². The molecule has 6 nitrogen and oxygen atoms in total. The number of allylic oxidation sites excluding steroid dienone is 1. The molecule has 24 heavy (non-hydrogen) atoms. The van der Waals surface area contributed by atoms with Crippen LogP contribution in [0.5, 0.6) is 5.75 Å². The number of nitrogens with one attached hydrogen (secondary N) is 2. The molecule has 2 aromatic rings. The smallest absolute Gasteiger partial charge is 0.337 e. The highest BCUT2D eigenvalue weighted by Crippen LogP contribution is 2.36. The second-order valence-corrected chi connectivity index (χ2v) is 5.46. The van der Waals surface area contributed by atoms with Crippen LogP contribution >= 0.6 is 0 Å². The molecule has 0 saturated heterocycles. The van der Waals surface area contributed by atoms with E-state index in [2.05, 4.69) is 10.6 Å². The van der Waals surface area contributed by atoms with E-state index in [4.69, 9.17) is 9.47 Å². The van der Waals surface area contributed by atoms with E-state index in [9.17, 15) is 9.59 Å². The van der Waals surface area contributed by atoms with Gasteiger partial charge in [0.2, 0.25) is 0 Å². The van der Waals surface area contributed by atoms with Gasteiger partial charge in [-0.25, -0.2) is 9.59 Å². The fourth-order valence-corrected chi connectivity index (χ4v) is 3.03. The van der Waals surface area contributed by atoms with Gasteiger partial charge in [0.1, 0.15) is 5.75 Å². The molecule has 3 rings (SSSR count). The molecule has 2 aromatic carbocycles. The predicted molar refractivity (Wildman–Crippen MR) is 89.6 cm³/mol. The number of rotatable bonds is 3. The average molecular weight is 326 g/mol. The first-order chi connectivity index (χ1) is 11.6. The van der Waals surface area contributed by atoms with Crippen molar-refractivity contribution >= 4 is 22.8 Å². The third-order valence-electron chi connectivity index (χ3n) is 4.12. The molecule has 0 saturated carbocycles. The van der Waals surface area contributed by atoms with Crippen LogP contribution in [-0.4, -0.2) is 26.2 Å². The summed E-state index contributed by atoms with van der Waals surface area (Å²) in [5.41, 5.74) is 1.67. The van der Waals surface area contributed by atoms with E-state index in [0.717, 1.165) is 22.1 Å². The Labute approximate surface area is 139 Å². The summed E-state index contributed by atoms with van der Waals surface area (Å²) in [6.45, 7) is 1.68. The Morgan fingerprint density at radius 2 is 1.79 bits per heavy atom. The Bertz CT molecular complexity index is 857. The molecule has 0 bridgehead atoms. The first-order valence-electron chi connectivity index (χ1n) is 7.49. The number of hydrogen-bond acceptors (Lipinski definition) is 4. The molecule has 0 aromatic heterocycles. The fraction of sp³-hybridized carbons (Fsp3) is 0.222. The van der Waals surface area contributed by atoms with Gasteiger partial charge in [-0.15, -0.1) is 0 Å². The molecule has 0 aliphatic carbocycles. The van der Waals surface area contributed by atoms with Crippen molar-refractivity contribution in [3.05, 3.63) is 53.2 Å².